The van der Waals surface area contributed by atoms with Crippen LogP contribution in [0, 0.1) is 18.7 Å². The van der Waals surface area contributed by atoms with E-state index in [4.69, 9.17) is 5.73 Å². The van der Waals surface area contributed by atoms with Crippen LogP contribution in [0.4, 0.5) is 4.39 Å². The number of nitrogens with zero attached hydrogens (tertiary/aromatic N) is 2. The molecule has 0 spiro atoms. The summed E-state index contributed by atoms with van der Waals surface area (Å²) in [5, 5.41) is 0. The van der Waals surface area contributed by atoms with E-state index in [-0.39, 0.29) is 5.82 Å². The van der Waals surface area contributed by atoms with Gasteiger partial charge < -0.3 is 5.73 Å². The van der Waals surface area contributed by atoms with Crippen LogP contribution in [0.3, 0.4) is 0 Å². The fourth-order valence-corrected chi connectivity index (χ4v) is 3.34. The highest BCUT2D eigenvalue weighted by Gasteiger charge is 2.22. The molecule has 0 amide bonds. The van der Waals surface area contributed by atoms with Gasteiger partial charge in [0.15, 0.2) is 5.82 Å². The van der Waals surface area contributed by atoms with Crippen LogP contribution in [0.25, 0.3) is 11.4 Å². The van der Waals surface area contributed by atoms with Gasteiger partial charge in [0, 0.05) is 21.4 Å². The summed E-state index contributed by atoms with van der Waals surface area (Å²) in [5.41, 5.74) is 9.76. The van der Waals surface area contributed by atoms with Gasteiger partial charge in [0.2, 0.25) is 0 Å². The molecule has 0 fully saturated rings. The summed E-state index contributed by atoms with van der Waals surface area (Å²) < 4.78 is 14.2. The van der Waals surface area contributed by atoms with Gasteiger partial charge in [-0.15, -0.1) is 0 Å². The summed E-state index contributed by atoms with van der Waals surface area (Å²) in [5.74, 6) is 0.827. The van der Waals surface area contributed by atoms with Crippen molar-refractivity contribution in [2.75, 3.05) is 6.54 Å². The van der Waals surface area contributed by atoms with Crippen LogP contribution >= 0.6 is 15.9 Å². The van der Waals surface area contributed by atoms with Crippen molar-refractivity contribution >= 4 is 15.9 Å². The normalized spacial score (nSPS) is 17.6. The van der Waals surface area contributed by atoms with Crippen LogP contribution < -0.4 is 5.73 Å². The molecule has 1 aliphatic carbocycles. The Hall–Kier alpha value is -1.33. The number of hydrogen-bond donors (Lipinski definition) is 1. The average molecular weight is 350 g/mol. The van der Waals surface area contributed by atoms with Crippen molar-refractivity contribution in [1.82, 2.24) is 9.97 Å². The molecule has 0 saturated heterocycles. The third-order valence-corrected chi connectivity index (χ3v) is 4.49. The van der Waals surface area contributed by atoms with E-state index in [0.29, 0.717) is 28.3 Å². The molecular formula is C16H17BrFN3. The highest BCUT2D eigenvalue weighted by atomic mass is 79.9. The van der Waals surface area contributed by atoms with E-state index in [9.17, 15) is 4.39 Å². The first-order valence-corrected chi connectivity index (χ1v) is 7.89. The lowest BCUT2D eigenvalue weighted by Gasteiger charge is -2.24. The SMILES string of the molecule is Cc1nc(-c2cc(F)cc(Br)c2)nc2c1CC(CN)CC2. The monoisotopic (exact) mass is 349 g/mol. The van der Waals surface area contributed by atoms with Gasteiger partial charge in [-0.25, -0.2) is 14.4 Å². The van der Waals surface area contributed by atoms with E-state index in [2.05, 4.69) is 25.9 Å². The molecule has 1 aromatic heterocycles. The Morgan fingerprint density at radius 2 is 2.14 bits per heavy atom. The Balaban J connectivity index is 2.04. The first kappa shape index (κ1) is 14.6. The zero-order valence-corrected chi connectivity index (χ0v) is 13.5. The molecule has 1 unspecified atom stereocenters. The molecule has 1 aliphatic rings. The van der Waals surface area contributed by atoms with Gasteiger partial charge in [-0.2, -0.15) is 0 Å². The van der Waals surface area contributed by atoms with Crippen LogP contribution in [0.2, 0.25) is 0 Å². The lowest BCUT2D eigenvalue weighted by Crippen LogP contribution is -2.24. The molecule has 110 valence electrons. The minimum atomic E-state index is -0.290. The van der Waals surface area contributed by atoms with Gasteiger partial charge in [-0.1, -0.05) is 15.9 Å². The Bertz CT molecular complexity index is 667. The van der Waals surface area contributed by atoms with Crippen molar-refractivity contribution in [2.45, 2.75) is 26.2 Å². The predicted octanol–water partition coefficient (Wildman–Crippen LogP) is 3.42. The molecule has 1 aromatic carbocycles. The molecule has 1 heterocycles. The van der Waals surface area contributed by atoms with Gasteiger partial charge in [0.05, 0.1) is 0 Å². The summed E-state index contributed by atoms with van der Waals surface area (Å²) in [6.45, 7) is 2.70. The van der Waals surface area contributed by atoms with Crippen molar-refractivity contribution in [3.8, 4) is 11.4 Å². The second kappa shape index (κ2) is 5.81. The van der Waals surface area contributed by atoms with Crippen molar-refractivity contribution in [2.24, 2.45) is 11.7 Å². The number of halogens is 2. The number of nitrogens with two attached hydrogens (primary N) is 1. The Morgan fingerprint density at radius 1 is 1.33 bits per heavy atom. The maximum Gasteiger partial charge on any atom is 0.159 e. The number of aryl methyl sites for hydroxylation is 2. The second-order valence-corrected chi connectivity index (χ2v) is 6.48. The van der Waals surface area contributed by atoms with Crippen LogP contribution in [0.15, 0.2) is 22.7 Å². The lowest BCUT2D eigenvalue weighted by molar-refractivity contribution is 0.460. The van der Waals surface area contributed by atoms with Gasteiger partial charge in [-0.05, 0) is 62.4 Å². The molecule has 0 radical (unpaired) electrons. The van der Waals surface area contributed by atoms with E-state index in [1.54, 1.807) is 0 Å². The summed E-state index contributed by atoms with van der Waals surface area (Å²) >= 11 is 3.31. The zero-order chi connectivity index (χ0) is 15.0. The topological polar surface area (TPSA) is 51.8 Å². The maximum atomic E-state index is 13.6. The third kappa shape index (κ3) is 2.99. The van der Waals surface area contributed by atoms with Gasteiger partial charge in [0.1, 0.15) is 5.82 Å². The minimum absolute atomic E-state index is 0.290. The van der Waals surface area contributed by atoms with Crippen LogP contribution in [0.5, 0.6) is 0 Å². The molecular weight excluding hydrogens is 333 g/mol. The predicted molar refractivity (Wildman–Crippen MR) is 84.4 cm³/mol. The molecule has 3 rings (SSSR count). The third-order valence-electron chi connectivity index (χ3n) is 4.04. The van der Waals surface area contributed by atoms with E-state index in [1.165, 1.54) is 17.7 Å². The number of aromatic nitrogens is 2. The molecule has 0 saturated carbocycles. The molecule has 2 aromatic rings. The van der Waals surface area contributed by atoms with Crippen molar-refractivity contribution in [3.63, 3.8) is 0 Å². The summed E-state index contributed by atoms with van der Waals surface area (Å²) in [6, 6.07) is 4.74. The smallest absolute Gasteiger partial charge is 0.159 e. The van der Waals surface area contributed by atoms with Gasteiger partial charge in [0.25, 0.3) is 0 Å². The Morgan fingerprint density at radius 3 is 2.86 bits per heavy atom. The van der Waals surface area contributed by atoms with Gasteiger partial charge in [-0.3, -0.25) is 0 Å². The van der Waals surface area contributed by atoms with E-state index < -0.39 is 0 Å². The van der Waals surface area contributed by atoms with Crippen LogP contribution in [0.1, 0.15) is 23.4 Å². The van der Waals surface area contributed by atoms with Crippen LogP contribution in [-0.2, 0) is 12.8 Å². The summed E-state index contributed by atoms with van der Waals surface area (Å²) in [4.78, 5) is 9.22. The second-order valence-electron chi connectivity index (χ2n) is 5.56. The van der Waals surface area contributed by atoms with E-state index >= 15 is 0 Å². The first-order chi connectivity index (χ1) is 10.1. The molecule has 2 N–H and O–H groups in total. The molecule has 5 heteroatoms. The average Bonchev–Trinajstić information content (AvgIpc) is 2.46. The van der Waals surface area contributed by atoms with E-state index in [1.807, 2.05) is 13.0 Å². The lowest BCUT2D eigenvalue weighted by atomic mass is 9.86. The van der Waals surface area contributed by atoms with Crippen molar-refractivity contribution < 1.29 is 4.39 Å². The fourth-order valence-electron chi connectivity index (χ4n) is 2.87. The highest BCUT2D eigenvalue weighted by molar-refractivity contribution is 9.10. The summed E-state index contributed by atoms with van der Waals surface area (Å²) in [6.07, 6.45) is 2.93. The standard InChI is InChI=1S/C16H17BrFN3/c1-9-14-4-10(8-19)2-3-15(14)21-16(20-9)11-5-12(17)7-13(18)6-11/h5-7,10H,2-4,8,19H2,1H3. The number of fused-ring (bicyclic) bond motifs is 1. The fraction of sp³-hybridized carbons (Fsp3) is 0.375. The van der Waals surface area contributed by atoms with Crippen LogP contribution in [-0.4, -0.2) is 16.5 Å². The highest BCUT2D eigenvalue weighted by Crippen LogP contribution is 2.29. The molecule has 0 aliphatic heterocycles. The van der Waals surface area contributed by atoms with Crippen molar-refractivity contribution in [1.29, 1.82) is 0 Å². The molecule has 1 atom stereocenters. The first-order valence-electron chi connectivity index (χ1n) is 7.09. The molecule has 3 nitrogen and oxygen atoms in total. The van der Waals surface area contributed by atoms with Gasteiger partial charge >= 0.3 is 0 Å². The quantitative estimate of drug-likeness (QED) is 0.903. The Labute approximate surface area is 131 Å². The number of benzene rings is 1. The Kier molecular flexibility index (Phi) is 4.04. The largest absolute Gasteiger partial charge is 0.330 e. The van der Waals surface area contributed by atoms with E-state index in [0.717, 1.165) is 30.7 Å². The molecule has 0 bridgehead atoms. The zero-order valence-electron chi connectivity index (χ0n) is 11.9. The number of rotatable bonds is 2. The van der Waals surface area contributed by atoms with Crippen molar-refractivity contribution in [3.05, 3.63) is 45.4 Å². The number of hydrogen-bond acceptors (Lipinski definition) is 3. The molecule has 21 heavy (non-hydrogen) atoms. The summed E-state index contributed by atoms with van der Waals surface area (Å²) in [7, 11) is 0. The maximum absolute atomic E-state index is 13.6. The minimum Gasteiger partial charge on any atom is -0.330 e.